The van der Waals surface area contributed by atoms with E-state index >= 15 is 0 Å². The van der Waals surface area contributed by atoms with Gasteiger partial charge in [-0.1, -0.05) is 37.6 Å². The molecule has 60 valence electrons. The molecule has 1 aliphatic carbocycles. The molecule has 1 aliphatic rings. The largest absolute Gasteiger partial charge is 0.399 e. The lowest BCUT2D eigenvalue weighted by Crippen LogP contribution is -1.94. The van der Waals surface area contributed by atoms with Crippen molar-refractivity contribution in [2.45, 2.75) is 20.3 Å². The Kier molecular flexibility index (Phi) is 2.53. The molecule has 0 amide bonds. The minimum Gasteiger partial charge on any atom is -0.399 e. The topological polar surface area (TPSA) is 26.0 Å². The third-order valence-corrected chi connectivity index (χ3v) is 1.83. The molecule has 0 fully saturated rings. The molecule has 0 aromatic rings. The van der Waals surface area contributed by atoms with E-state index in [9.17, 15) is 0 Å². The molecule has 0 radical (unpaired) electrons. The summed E-state index contributed by atoms with van der Waals surface area (Å²) in [5.41, 5.74) is 7.93. The summed E-state index contributed by atoms with van der Waals surface area (Å²) in [6.45, 7) is 4.31. The Labute approximate surface area is 68.3 Å². The van der Waals surface area contributed by atoms with Crippen molar-refractivity contribution in [3.8, 4) is 0 Å². The van der Waals surface area contributed by atoms with Gasteiger partial charge in [0, 0.05) is 5.70 Å². The fourth-order valence-electron chi connectivity index (χ4n) is 1.24. The van der Waals surface area contributed by atoms with Crippen molar-refractivity contribution in [3.63, 3.8) is 0 Å². The fourth-order valence-corrected chi connectivity index (χ4v) is 1.24. The third-order valence-electron chi connectivity index (χ3n) is 1.83. The van der Waals surface area contributed by atoms with Crippen LogP contribution in [0.2, 0.25) is 0 Å². The van der Waals surface area contributed by atoms with Crippen LogP contribution in [0.3, 0.4) is 0 Å². The zero-order valence-corrected chi connectivity index (χ0v) is 7.17. The summed E-state index contributed by atoms with van der Waals surface area (Å²) in [4.78, 5) is 0. The number of rotatable bonds is 1. The Bertz CT molecular complexity index is 221. The molecule has 11 heavy (non-hydrogen) atoms. The average Bonchev–Trinajstić information content (AvgIpc) is 2.11. The molecule has 1 unspecified atom stereocenters. The smallest absolute Gasteiger partial charge is 0.0279 e. The van der Waals surface area contributed by atoms with E-state index in [1.54, 1.807) is 0 Å². The second kappa shape index (κ2) is 3.42. The standard InChI is InChI=1S/C10H15N/c1-3-9-4-5-10(11)7-8(2)6-9/h4-8H,3,11H2,1-2H3. The summed E-state index contributed by atoms with van der Waals surface area (Å²) in [5.74, 6) is 0.472. The van der Waals surface area contributed by atoms with Gasteiger partial charge >= 0.3 is 0 Å². The monoisotopic (exact) mass is 149 g/mol. The van der Waals surface area contributed by atoms with Crippen molar-refractivity contribution < 1.29 is 0 Å². The van der Waals surface area contributed by atoms with E-state index in [4.69, 9.17) is 5.73 Å². The lowest BCUT2D eigenvalue weighted by Gasteiger charge is -1.98. The van der Waals surface area contributed by atoms with Crippen LogP contribution < -0.4 is 5.73 Å². The van der Waals surface area contributed by atoms with E-state index in [-0.39, 0.29) is 0 Å². The van der Waals surface area contributed by atoms with Gasteiger partial charge in [0.15, 0.2) is 0 Å². The summed E-state index contributed by atoms with van der Waals surface area (Å²) >= 11 is 0. The zero-order chi connectivity index (χ0) is 8.27. The summed E-state index contributed by atoms with van der Waals surface area (Å²) in [6.07, 6.45) is 9.46. The minimum atomic E-state index is 0.472. The maximum atomic E-state index is 5.68. The number of hydrogen-bond acceptors (Lipinski definition) is 1. The van der Waals surface area contributed by atoms with Gasteiger partial charge in [-0.2, -0.15) is 0 Å². The van der Waals surface area contributed by atoms with Crippen molar-refractivity contribution in [1.82, 2.24) is 0 Å². The van der Waals surface area contributed by atoms with E-state index in [0.29, 0.717) is 5.92 Å². The highest BCUT2D eigenvalue weighted by Crippen LogP contribution is 2.14. The van der Waals surface area contributed by atoms with Crippen LogP contribution in [-0.2, 0) is 0 Å². The molecule has 0 bridgehead atoms. The first-order valence-electron chi connectivity index (χ1n) is 4.08. The molecular weight excluding hydrogens is 134 g/mol. The molecule has 2 N–H and O–H groups in total. The van der Waals surface area contributed by atoms with Gasteiger partial charge in [-0.25, -0.2) is 0 Å². The van der Waals surface area contributed by atoms with Gasteiger partial charge in [-0.05, 0) is 18.4 Å². The van der Waals surface area contributed by atoms with Crippen LogP contribution >= 0.6 is 0 Å². The van der Waals surface area contributed by atoms with Gasteiger partial charge in [0.2, 0.25) is 0 Å². The maximum absolute atomic E-state index is 5.68. The molecule has 0 heterocycles. The van der Waals surface area contributed by atoms with Crippen LogP contribution in [0.15, 0.2) is 35.6 Å². The highest BCUT2D eigenvalue weighted by atomic mass is 14.6. The van der Waals surface area contributed by atoms with E-state index in [2.05, 4.69) is 32.1 Å². The molecule has 0 saturated heterocycles. The first kappa shape index (κ1) is 8.12. The molecule has 0 saturated carbocycles. The Morgan fingerprint density at radius 2 is 2.09 bits per heavy atom. The lowest BCUT2D eigenvalue weighted by atomic mass is 10.1. The summed E-state index contributed by atoms with van der Waals surface area (Å²) in [7, 11) is 0. The van der Waals surface area contributed by atoms with Crippen LogP contribution in [-0.4, -0.2) is 0 Å². The van der Waals surface area contributed by atoms with Gasteiger partial charge in [-0.3, -0.25) is 0 Å². The first-order valence-corrected chi connectivity index (χ1v) is 4.08. The van der Waals surface area contributed by atoms with Crippen LogP contribution in [0.25, 0.3) is 0 Å². The second-order valence-electron chi connectivity index (χ2n) is 2.95. The van der Waals surface area contributed by atoms with E-state index in [1.807, 2.05) is 6.08 Å². The molecule has 0 aromatic heterocycles. The van der Waals surface area contributed by atoms with Crippen molar-refractivity contribution in [2.24, 2.45) is 11.7 Å². The molecule has 1 atom stereocenters. The first-order chi connectivity index (χ1) is 5.22. The quantitative estimate of drug-likeness (QED) is 0.608. The predicted octanol–water partition coefficient (Wildman–Crippen LogP) is 2.37. The Morgan fingerprint density at radius 3 is 2.73 bits per heavy atom. The van der Waals surface area contributed by atoms with Crippen molar-refractivity contribution in [2.75, 3.05) is 0 Å². The second-order valence-corrected chi connectivity index (χ2v) is 2.95. The number of nitrogens with two attached hydrogens (primary N) is 1. The van der Waals surface area contributed by atoms with Crippen LogP contribution in [0.4, 0.5) is 0 Å². The molecule has 1 rings (SSSR count). The van der Waals surface area contributed by atoms with Gasteiger partial charge in [0.25, 0.3) is 0 Å². The summed E-state index contributed by atoms with van der Waals surface area (Å²) in [5, 5.41) is 0. The molecule has 0 aliphatic heterocycles. The lowest BCUT2D eigenvalue weighted by molar-refractivity contribution is 0.913. The van der Waals surface area contributed by atoms with Crippen molar-refractivity contribution >= 4 is 0 Å². The minimum absolute atomic E-state index is 0.472. The molecular formula is C10H15N. The highest BCUT2D eigenvalue weighted by molar-refractivity contribution is 5.31. The van der Waals surface area contributed by atoms with Crippen molar-refractivity contribution in [1.29, 1.82) is 0 Å². The Hall–Kier alpha value is -0.980. The van der Waals surface area contributed by atoms with Crippen LogP contribution in [0.5, 0.6) is 0 Å². The summed E-state index contributed by atoms with van der Waals surface area (Å²) in [6, 6.07) is 0. The zero-order valence-electron chi connectivity index (χ0n) is 7.17. The van der Waals surface area contributed by atoms with Crippen LogP contribution in [0, 0.1) is 5.92 Å². The summed E-state index contributed by atoms with van der Waals surface area (Å²) < 4.78 is 0. The van der Waals surface area contributed by atoms with E-state index < -0.39 is 0 Å². The van der Waals surface area contributed by atoms with Gasteiger partial charge in [0.1, 0.15) is 0 Å². The number of allylic oxidation sites excluding steroid dienone is 5. The van der Waals surface area contributed by atoms with Crippen molar-refractivity contribution in [3.05, 3.63) is 35.6 Å². The highest BCUT2D eigenvalue weighted by Gasteiger charge is 1.99. The fraction of sp³-hybridized carbons (Fsp3) is 0.400. The predicted molar refractivity (Wildman–Crippen MR) is 48.9 cm³/mol. The number of hydrogen-bond donors (Lipinski definition) is 1. The normalized spacial score (nSPS) is 24.0. The Balaban J connectivity index is 2.83. The average molecular weight is 149 g/mol. The molecule has 1 nitrogen and oxygen atoms in total. The third kappa shape index (κ3) is 2.26. The van der Waals surface area contributed by atoms with Gasteiger partial charge in [0.05, 0.1) is 0 Å². The molecule has 1 heteroatoms. The van der Waals surface area contributed by atoms with Gasteiger partial charge < -0.3 is 5.73 Å². The SMILES string of the molecule is CCC1=CC(C)C=C(N)C=C1. The maximum Gasteiger partial charge on any atom is 0.0279 e. The Morgan fingerprint density at radius 1 is 1.36 bits per heavy atom. The van der Waals surface area contributed by atoms with Gasteiger partial charge in [-0.15, -0.1) is 0 Å². The molecule has 0 spiro atoms. The molecule has 0 aromatic carbocycles. The van der Waals surface area contributed by atoms with Crippen LogP contribution in [0.1, 0.15) is 20.3 Å². The van der Waals surface area contributed by atoms with E-state index in [1.165, 1.54) is 5.57 Å². The van der Waals surface area contributed by atoms with E-state index in [0.717, 1.165) is 12.1 Å².